The van der Waals surface area contributed by atoms with Gasteiger partial charge in [0, 0.05) is 13.8 Å². The zero-order chi connectivity index (χ0) is 15.0. The number of allylic oxidation sites excluding steroid dienone is 2. The van der Waals surface area contributed by atoms with Crippen LogP contribution in [0.4, 0.5) is 0 Å². The molecule has 6 nitrogen and oxygen atoms in total. The van der Waals surface area contributed by atoms with Crippen molar-refractivity contribution in [1.29, 1.82) is 0 Å². The van der Waals surface area contributed by atoms with Crippen LogP contribution in [0.25, 0.3) is 0 Å². The van der Waals surface area contributed by atoms with Gasteiger partial charge < -0.3 is 0 Å². The molecule has 0 aromatic carbocycles. The van der Waals surface area contributed by atoms with Crippen molar-refractivity contribution in [3.05, 3.63) is 12.2 Å². The van der Waals surface area contributed by atoms with E-state index in [9.17, 15) is 19.2 Å². The summed E-state index contributed by atoms with van der Waals surface area (Å²) in [6.45, 7) is 2.38. The molecule has 0 unspecified atom stereocenters. The largest absolute Gasteiger partial charge is 0.273 e. The molecule has 1 heterocycles. The second kappa shape index (κ2) is 3.81. The molecule has 0 aromatic rings. The maximum Gasteiger partial charge on any atom is 0.253 e. The Morgan fingerprint density at radius 1 is 1.00 bits per heavy atom. The third-order valence-corrected chi connectivity index (χ3v) is 5.44. The van der Waals surface area contributed by atoms with Crippen molar-refractivity contribution in [3.63, 3.8) is 0 Å². The van der Waals surface area contributed by atoms with Crippen LogP contribution in [-0.4, -0.2) is 33.6 Å². The van der Waals surface area contributed by atoms with Gasteiger partial charge in [0.2, 0.25) is 11.8 Å². The molecule has 4 aliphatic carbocycles. The number of hydrazine groups is 1. The summed E-state index contributed by atoms with van der Waals surface area (Å²) in [4.78, 5) is 48.7. The van der Waals surface area contributed by atoms with E-state index in [0.29, 0.717) is 16.8 Å². The Kier molecular flexibility index (Phi) is 2.31. The number of hydrogen-bond acceptors (Lipinski definition) is 4. The van der Waals surface area contributed by atoms with Crippen LogP contribution >= 0.6 is 0 Å². The van der Waals surface area contributed by atoms with Crippen molar-refractivity contribution < 1.29 is 19.2 Å². The van der Waals surface area contributed by atoms with Gasteiger partial charge >= 0.3 is 0 Å². The number of carbonyl (C=O) groups excluding carboxylic acids is 4. The molecule has 0 aromatic heterocycles. The molecule has 5 rings (SSSR count). The van der Waals surface area contributed by atoms with E-state index in [4.69, 9.17) is 0 Å². The van der Waals surface area contributed by atoms with Gasteiger partial charge in [0.15, 0.2) is 0 Å². The summed E-state index contributed by atoms with van der Waals surface area (Å²) < 4.78 is 0. The third-order valence-electron chi connectivity index (χ3n) is 5.44. The van der Waals surface area contributed by atoms with E-state index in [0.717, 1.165) is 11.4 Å². The van der Waals surface area contributed by atoms with E-state index in [1.807, 2.05) is 0 Å². The summed E-state index contributed by atoms with van der Waals surface area (Å²) in [5.74, 6) is -1.58. The fourth-order valence-electron chi connectivity index (χ4n) is 4.64. The molecule has 3 fully saturated rings. The van der Waals surface area contributed by atoms with Crippen LogP contribution in [0.2, 0.25) is 0 Å². The lowest BCUT2D eigenvalue weighted by Crippen LogP contribution is -2.51. The molecule has 110 valence electrons. The Morgan fingerprint density at radius 2 is 1.43 bits per heavy atom. The van der Waals surface area contributed by atoms with Crippen LogP contribution in [-0.2, 0) is 19.2 Å². The third kappa shape index (κ3) is 1.42. The maximum atomic E-state index is 12.7. The Hall–Kier alpha value is -1.98. The van der Waals surface area contributed by atoms with E-state index in [1.165, 1.54) is 13.8 Å². The van der Waals surface area contributed by atoms with E-state index in [-0.39, 0.29) is 23.7 Å². The Bertz CT molecular complexity index is 575. The number of carbonyl (C=O) groups is 4. The molecule has 21 heavy (non-hydrogen) atoms. The summed E-state index contributed by atoms with van der Waals surface area (Å²) in [5.41, 5.74) is 0. The number of amides is 4. The van der Waals surface area contributed by atoms with Gasteiger partial charge in [0.05, 0.1) is 11.8 Å². The molecular weight excluding hydrogens is 272 g/mol. The number of hydrogen-bond donors (Lipinski definition) is 0. The quantitative estimate of drug-likeness (QED) is 0.515. The summed E-state index contributed by atoms with van der Waals surface area (Å²) >= 11 is 0. The first-order valence-corrected chi connectivity index (χ1v) is 7.30. The van der Waals surface area contributed by atoms with Crippen LogP contribution < -0.4 is 0 Å². The molecule has 2 bridgehead atoms. The Labute approximate surface area is 121 Å². The van der Waals surface area contributed by atoms with Gasteiger partial charge in [0.25, 0.3) is 11.8 Å². The molecule has 2 saturated carbocycles. The van der Waals surface area contributed by atoms with Gasteiger partial charge in [-0.3, -0.25) is 19.2 Å². The van der Waals surface area contributed by atoms with Gasteiger partial charge in [-0.2, -0.15) is 10.0 Å². The number of rotatable bonds is 1. The molecule has 0 radical (unpaired) electrons. The molecule has 6 atom stereocenters. The van der Waals surface area contributed by atoms with Crippen molar-refractivity contribution in [2.24, 2.45) is 35.5 Å². The molecule has 5 aliphatic rings. The van der Waals surface area contributed by atoms with E-state index >= 15 is 0 Å². The normalized spacial score (nSPS) is 41.9. The van der Waals surface area contributed by atoms with Gasteiger partial charge in [-0.15, -0.1) is 0 Å². The predicted octanol–water partition coefficient (Wildman–Crippen LogP) is 0.350. The first-order valence-electron chi connectivity index (χ1n) is 7.30. The molecular formula is C15H16N2O4. The summed E-state index contributed by atoms with van der Waals surface area (Å²) in [7, 11) is 0. The SMILES string of the molecule is CC(=O)N(C(C)=O)N1C(=O)[C@@H]2[C@H]3C=C[C@H]([C@H]4C[C@H]34)[C@@H]2C1=O. The van der Waals surface area contributed by atoms with Gasteiger partial charge in [-0.05, 0) is 30.1 Å². The monoisotopic (exact) mass is 288 g/mol. The maximum absolute atomic E-state index is 12.7. The minimum absolute atomic E-state index is 0.0900. The number of imide groups is 2. The first kappa shape index (κ1) is 12.7. The number of nitrogens with zero attached hydrogens (tertiary/aromatic N) is 2. The molecule has 6 heteroatoms. The second-order valence-electron chi connectivity index (χ2n) is 6.49. The lowest BCUT2D eigenvalue weighted by Gasteiger charge is -2.37. The summed E-state index contributed by atoms with van der Waals surface area (Å²) in [5, 5.41) is 1.49. The van der Waals surface area contributed by atoms with Crippen molar-refractivity contribution in [1.82, 2.24) is 10.0 Å². The zero-order valence-corrected chi connectivity index (χ0v) is 11.9. The lowest BCUT2D eigenvalue weighted by molar-refractivity contribution is -0.175. The van der Waals surface area contributed by atoms with E-state index in [2.05, 4.69) is 12.2 Å². The average molecular weight is 288 g/mol. The summed E-state index contributed by atoms with van der Waals surface area (Å²) in [6.07, 6.45) is 5.19. The molecule has 4 amide bonds. The van der Waals surface area contributed by atoms with Crippen molar-refractivity contribution in [2.45, 2.75) is 20.3 Å². The first-order chi connectivity index (χ1) is 9.93. The molecule has 0 spiro atoms. The van der Waals surface area contributed by atoms with E-state index < -0.39 is 23.7 Å². The van der Waals surface area contributed by atoms with Crippen LogP contribution in [0, 0.1) is 35.5 Å². The van der Waals surface area contributed by atoms with Crippen LogP contribution in [0.15, 0.2) is 12.2 Å². The Morgan fingerprint density at radius 3 is 1.81 bits per heavy atom. The zero-order valence-electron chi connectivity index (χ0n) is 11.9. The topological polar surface area (TPSA) is 74.8 Å². The Balaban J connectivity index is 1.75. The molecule has 0 N–H and O–H groups in total. The van der Waals surface area contributed by atoms with Gasteiger partial charge in [0.1, 0.15) is 0 Å². The predicted molar refractivity (Wildman–Crippen MR) is 69.8 cm³/mol. The highest BCUT2D eigenvalue weighted by Crippen LogP contribution is 2.65. The average Bonchev–Trinajstić information content (AvgIpc) is 3.19. The highest BCUT2D eigenvalue weighted by atomic mass is 16.2. The second-order valence-corrected chi connectivity index (χ2v) is 6.49. The van der Waals surface area contributed by atoms with Gasteiger partial charge in [-0.25, -0.2) is 0 Å². The highest BCUT2D eigenvalue weighted by Gasteiger charge is 2.68. The lowest BCUT2D eigenvalue weighted by atomic mass is 9.63. The molecule has 1 saturated heterocycles. The van der Waals surface area contributed by atoms with Crippen molar-refractivity contribution in [3.8, 4) is 0 Å². The molecule has 1 aliphatic heterocycles. The van der Waals surface area contributed by atoms with Crippen molar-refractivity contribution >= 4 is 23.6 Å². The van der Waals surface area contributed by atoms with E-state index in [1.54, 1.807) is 0 Å². The van der Waals surface area contributed by atoms with Crippen LogP contribution in [0.3, 0.4) is 0 Å². The highest BCUT2D eigenvalue weighted by molar-refractivity contribution is 6.10. The standard InChI is InChI=1S/C15H16N2O4/c1-6(18)16(7(2)19)17-14(20)12-8-3-4-9(11-5-10(8)11)13(12)15(17)21/h3-4,8-13H,5H2,1-2H3/t8-,9+,10-,11-,12+,13-/m1/s1. The van der Waals surface area contributed by atoms with Crippen molar-refractivity contribution in [2.75, 3.05) is 0 Å². The fourth-order valence-corrected chi connectivity index (χ4v) is 4.64. The minimum Gasteiger partial charge on any atom is -0.273 e. The van der Waals surface area contributed by atoms with Crippen LogP contribution in [0.5, 0.6) is 0 Å². The fraction of sp³-hybridized carbons (Fsp3) is 0.600. The smallest absolute Gasteiger partial charge is 0.253 e. The summed E-state index contributed by atoms with van der Waals surface area (Å²) in [6, 6.07) is 0. The van der Waals surface area contributed by atoms with Crippen LogP contribution in [0.1, 0.15) is 20.3 Å². The minimum atomic E-state index is -0.603. The van der Waals surface area contributed by atoms with Gasteiger partial charge in [-0.1, -0.05) is 12.2 Å².